The van der Waals surface area contributed by atoms with Crippen molar-refractivity contribution < 1.29 is 45.8 Å². The molecule has 0 aromatic heterocycles. The van der Waals surface area contributed by atoms with Gasteiger partial charge in [0.2, 0.25) is 5.91 Å². The molecule has 2 aromatic rings. The number of anilines is 1. The number of carbonyl (C=O) groups is 3. The highest BCUT2D eigenvalue weighted by molar-refractivity contribution is 7.92. The lowest BCUT2D eigenvalue weighted by Crippen LogP contribution is -2.63. The van der Waals surface area contributed by atoms with Crippen molar-refractivity contribution in [1.82, 2.24) is 5.32 Å². The third kappa shape index (κ3) is 5.61. The second-order valence-electron chi connectivity index (χ2n) is 9.64. The van der Waals surface area contributed by atoms with Crippen LogP contribution >= 0.6 is 11.6 Å². The fourth-order valence-corrected chi connectivity index (χ4v) is 7.64. The summed E-state index contributed by atoms with van der Waals surface area (Å²) >= 11 is 6.18. The minimum atomic E-state index is -4.10. The maximum atomic E-state index is 13.5. The molecule has 0 radical (unpaired) electrons. The largest absolute Gasteiger partial charge is 0.468 e. The van der Waals surface area contributed by atoms with Crippen LogP contribution < -0.4 is 10.6 Å². The minimum absolute atomic E-state index is 0.0422. The first-order valence-electron chi connectivity index (χ1n) is 11.8. The minimum Gasteiger partial charge on any atom is -0.468 e. The van der Waals surface area contributed by atoms with Gasteiger partial charge in [0.15, 0.2) is 27.3 Å². The van der Waals surface area contributed by atoms with Crippen LogP contribution in [0.15, 0.2) is 35.2 Å². The maximum Gasteiger partial charge on any atom is 0.325 e. The van der Waals surface area contributed by atoms with Gasteiger partial charge in [0.05, 0.1) is 34.3 Å². The van der Waals surface area contributed by atoms with E-state index in [0.717, 1.165) is 6.07 Å². The average Bonchev–Trinajstić information content (AvgIpc) is 2.90. The van der Waals surface area contributed by atoms with Crippen molar-refractivity contribution in [3.8, 4) is 0 Å². The van der Waals surface area contributed by atoms with E-state index >= 15 is 0 Å². The molecule has 0 aliphatic heterocycles. The van der Waals surface area contributed by atoms with Crippen LogP contribution in [0.25, 0.3) is 0 Å². The van der Waals surface area contributed by atoms with Crippen LogP contribution in [0.2, 0.25) is 5.02 Å². The second-order valence-corrected chi connectivity index (χ2v) is 12.2. The van der Waals surface area contributed by atoms with Gasteiger partial charge in [-0.25, -0.2) is 21.6 Å². The van der Waals surface area contributed by atoms with Gasteiger partial charge in [-0.2, -0.15) is 0 Å². The van der Waals surface area contributed by atoms with Crippen molar-refractivity contribution in [2.75, 3.05) is 19.0 Å². The average molecular weight is 589 g/mol. The standard InChI is InChI=1S/C25H24ClF3N2O7S/c1-38-22(33)11-30-21(32)10-25(35)13-5-14(25)7-16(6-13)39(36,37)20-4-12(2-3-17(20)26)24(34)31-15-8-18(27)23(29)19(28)9-15/h2-4,8-9,13-14,16,35H,5-7,10-11H2,1H3,(H,30,32)(H,31,34). The number of sulfone groups is 1. The first-order chi connectivity index (χ1) is 18.3. The van der Waals surface area contributed by atoms with Crippen LogP contribution in [0.1, 0.15) is 36.0 Å². The zero-order chi connectivity index (χ0) is 28.7. The zero-order valence-electron chi connectivity index (χ0n) is 20.5. The lowest BCUT2D eigenvalue weighted by Gasteiger charge is -2.58. The predicted molar refractivity (Wildman–Crippen MR) is 132 cm³/mol. The predicted octanol–water partition coefficient (Wildman–Crippen LogP) is 2.99. The molecule has 2 bridgehead atoms. The van der Waals surface area contributed by atoms with Gasteiger partial charge in [0.25, 0.3) is 5.91 Å². The van der Waals surface area contributed by atoms with E-state index in [9.17, 15) is 41.1 Å². The molecule has 2 aromatic carbocycles. The highest BCUT2D eigenvalue weighted by atomic mass is 35.5. The number of aliphatic hydroxyl groups is 1. The highest BCUT2D eigenvalue weighted by Crippen LogP contribution is 2.57. The Bertz CT molecular complexity index is 1420. The van der Waals surface area contributed by atoms with Gasteiger partial charge in [0.1, 0.15) is 6.54 Å². The Morgan fingerprint density at radius 3 is 2.28 bits per heavy atom. The van der Waals surface area contributed by atoms with Crippen molar-refractivity contribution >= 4 is 44.9 Å². The molecule has 210 valence electrons. The number of fused-ring (bicyclic) bond motifs is 2. The van der Waals surface area contributed by atoms with Gasteiger partial charge >= 0.3 is 5.97 Å². The molecule has 0 heterocycles. The summed E-state index contributed by atoms with van der Waals surface area (Å²) in [5.41, 5.74) is -1.97. The van der Waals surface area contributed by atoms with Gasteiger partial charge < -0.3 is 20.5 Å². The van der Waals surface area contributed by atoms with Gasteiger partial charge in [0, 0.05) is 23.4 Å². The summed E-state index contributed by atoms with van der Waals surface area (Å²) in [5, 5.41) is 14.5. The number of benzene rings is 2. The summed E-state index contributed by atoms with van der Waals surface area (Å²) in [4.78, 5) is 35.8. The zero-order valence-corrected chi connectivity index (χ0v) is 22.0. The molecule has 0 spiro atoms. The topological polar surface area (TPSA) is 139 Å². The molecule has 2 atom stereocenters. The van der Waals surface area contributed by atoms with Crippen molar-refractivity contribution in [2.45, 2.75) is 41.4 Å². The number of methoxy groups -OCH3 is 1. The Kier molecular flexibility index (Phi) is 7.97. The third-order valence-electron chi connectivity index (χ3n) is 7.36. The lowest BCUT2D eigenvalue weighted by molar-refractivity contribution is -0.184. The van der Waals surface area contributed by atoms with E-state index in [2.05, 4.69) is 15.4 Å². The Morgan fingerprint density at radius 1 is 1.08 bits per heavy atom. The van der Waals surface area contributed by atoms with Crippen LogP contribution in [0, 0.1) is 29.3 Å². The molecule has 0 saturated heterocycles. The van der Waals surface area contributed by atoms with E-state index < -0.39 is 67.8 Å². The molecule has 2 unspecified atom stereocenters. The normalized spacial score (nSPS) is 23.9. The molecular formula is C25H24ClF3N2O7S. The third-order valence-corrected chi connectivity index (χ3v) is 10.0. The number of ether oxygens (including phenoxy) is 1. The molecule has 39 heavy (non-hydrogen) atoms. The van der Waals surface area contributed by atoms with E-state index in [-0.39, 0.29) is 47.0 Å². The molecule has 2 amide bonds. The van der Waals surface area contributed by atoms with E-state index in [1.165, 1.54) is 19.2 Å². The van der Waals surface area contributed by atoms with Crippen molar-refractivity contribution in [3.05, 3.63) is 58.4 Å². The number of nitrogens with one attached hydrogen (secondary N) is 2. The number of hydrogen-bond donors (Lipinski definition) is 3. The van der Waals surface area contributed by atoms with E-state index in [1.807, 2.05) is 0 Å². The van der Waals surface area contributed by atoms with E-state index in [1.54, 1.807) is 0 Å². The molecule has 3 aliphatic rings. The molecule has 9 nitrogen and oxygen atoms in total. The molecule has 5 rings (SSSR count). The first-order valence-corrected chi connectivity index (χ1v) is 13.7. The number of hydrogen-bond acceptors (Lipinski definition) is 7. The lowest BCUT2D eigenvalue weighted by atomic mass is 9.52. The van der Waals surface area contributed by atoms with Gasteiger partial charge in [-0.3, -0.25) is 14.4 Å². The first kappa shape index (κ1) is 28.8. The molecule has 3 aliphatic carbocycles. The summed E-state index contributed by atoms with van der Waals surface area (Å²) in [6.45, 7) is -0.356. The maximum absolute atomic E-state index is 13.5. The van der Waals surface area contributed by atoms with Crippen molar-refractivity contribution in [2.24, 2.45) is 11.8 Å². The summed E-state index contributed by atoms with van der Waals surface area (Å²) in [7, 11) is -2.93. The van der Waals surface area contributed by atoms with Crippen molar-refractivity contribution in [1.29, 1.82) is 0 Å². The monoisotopic (exact) mass is 588 g/mol. The van der Waals surface area contributed by atoms with E-state index in [4.69, 9.17) is 11.6 Å². The molecule has 3 N–H and O–H groups in total. The molecule has 3 fully saturated rings. The fraction of sp³-hybridized carbons (Fsp3) is 0.400. The quantitative estimate of drug-likeness (QED) is 0.318. The van der Waals surface area contributed by atoms with Crippen molar-refractivity contribution in [3.63, 3.8) is 0 Å². The number of carbonyl (C=O) groups excluding carboxylic acids is 3. The Hall–Kier alpha value is -3.16. The van der Waals surface area contributed by atoms with Crippen LogP contribution in [0.3, 0.4) is 0 Å². The van der Waals surface area contributed by atoms with Crippen LogP contribution in [0.4, 0.5) is 18.9 Å². The number of esters is 1. The summed E-state index contributed by atoms with van der Waals surface area (Å²) in [6, 6.07) is 4.61. The smallest absolute Gasteiger partial charge is 0.325 e. The second kappa shape index (κ2) is 10.8. The van der Waals surface area contributed by atoms with Crippen LogP contribution in [-0.4, -0.2) is 55.8 Å². The SMILES string of the molecule is COC(=O)CNC(=O)CC1(O)C2CC1CC(S(=O)(=O)c1cc(C(=O)Nc3cc(F)c(F)c(F)c3)ccc1Cl)C2. The summed E-state index contributed by atoms with van der Waals surface area (Å²) < 4.78 is 71.7. The molecule has 14 heteroatoms. The summed E-state index contributed by atoms with van der Waals surface area (Å²) in [6.07, 6.45) is 0.307. The molecule has 3 saturated carbocycles. The van der Waals surface area contributed by atoms with Gasteiger partial charge in [-0.15, -0.1) is 0 Å². The van der Waals surface area contributed by atoms with Crippen LogP contribution in [-0.2, 0) is 24.2 Å². The Balaban J connectivity index is 1.47. The van der Waals surface area contributed by atoms with Gasteiger partial charge in [-0.05, 0) is 49.3 Å². The van der Waals surface area contributed by atoms with E-state index in [0.29, 0.717) is 18.6 Å². The highest BCUT2D eigenvalue weighted by Gasteiger charge is 2.60. The van der Waals surface area contributed by atoms with Gasteiger partial charge in [-0.1, -0.05) is 11.6 Å². The number of halogens is 4. The van der Waals surface area contributed by atoms with Crippen LogP contribution in [0.5, 0.6) is 0 Å². The number of amides is 2. The fourth-order valence-electron chi connectivity index (χ4n) is 5.23. The molecular weight excluding hydrogens is 565 g/mol. The number of rotatable bonds is 8. The summed E-state index contributed by atoms with van der Waals surface area (Å²) in [5.74, 6) is -7.84. The Morgan fingerprint density at radius 2 is 1.69 bits per heavy atom. The Labute approximate surface area is 226 Å².